The van der Waals surface area contributed by atoms with Gasteiger partial charge >= 0.3 is 0 Å². The number of rotatable bonds is 7. The van der Waals surface area contributed by atoms with Crippen molar-refractivity contribution < 1.29 is 4.79 Å². The molecule has 3 heterocycles. The monoisotopic (exact) mass is 405 g/mol. The van der Waals surface area contributed by atoms with E-state index < -0.39 is 0 Å². The number of pyridine rings is 1. The molecule has 0 saturated carbocycles. The van der Waals surface area contributed by atoms with Crippen molar-refractivity contribution in [2.75, 3.05) is 19.6 Å². The second-order valence-corrected chi connectivity index (χ2v) is 8.83. The lowest BCUT2D eigenvalue weighted by Gasteiger charge is -2.28. The molecule has 4 rings (SSSR count). The molecular weight excluding hydrogens is 378 g/mol. The highest BCUT2D eigenvalue weighted by atomic mass is 32.1. The molecule has 1 amide bonds. The molecule has 2 aromatic heterocycles. The fraction of sp³-hybridized carbons (Fsp3) is 0.333. The first-order valence-corrected chi connectivity index (χ1v) is 11.1. The Morgan fingerprint density at radius 2 is 2.10 bits per heavy atom. The van der Waals surface area contributed by atoms with Crippen LogP contribution in [0.5, 0.6) is 0 Å². The Labute approximate surface area is 176 Å². The van der Waals surface area contributed by atoms with E-state index in [-0.39, 0.29) is 11.3 Å². The summed E-state index contributed by atoms with van der Waals surface area (Å²) in [5.74, 6) is 0.181. The number of aromatic nitrogens is 1. The fourth-order valence-electron chi connectivity index (χ4n) is 4.26. The van der Waals surface area contributed by atoms with E-state index in [1.807, 2.05) is 19.2 Å². The van der Waals surface area contributed by atoms with Crippen LogP contribution < -0.4 is 5.32 Å². The van der Waals surface area contributed by atoms with Gasteiger partial charge in [0.25, 0.3) is 0 Å². The van der Waals surface area contributed by atoms with Gasteiger partial charge in [-0.1, -0.05) is 36.4 Å². The molecule has 150 valence electrons. The van der Waals surface area contributed by atoms with Gasteiger partial charge in [0.05, 0.1) is 5.41 Å². The van der Waals surface area contributed by atoms with Crippen LogP contribution in [0, 0.1) is 5.41 Å². The van der Waals surface area contributed by atoms with Gasteiger partial charge in [-0.25, -0.2) is 0 Å². The van der Waals surface area contributed by atoms with Crippen molar-refractivity contribution in [2.45, 2.75) is 26.3 Å². The molecule has 1 aromatic carbocycles. The molecule has 0 radical (unpaired) electrons. The van der Waals surface area contributed by atoms with Crippen molar-refractivity contribution in [1.82, 2.24) is 15.2 Å². The van der Waals surface area contributed by atoms with Crippen LogP contribution in [-0.4, -0.2) is 35.4 Å². The summed E-state index contributed by atoms with van der Waals surface area (Å²) < 4.78 is 0. The minimum Gasteiger partial charge on any atom is -0.356 e. The summed E-state index contributed by atoms with van der Waals surface area (Å²) in [6.07, 6.45) is 5.32. The summed E-state index contributed by atoms with van der Waals surface area (Å²) in [6, 6.07) is 16.8. The van der Waals surface area contributed by atoms with E-state index in [4.69, 9.17) is 0 Å². The Bertz CT molecular complexity index is 942. The van der Waals surface area contributed by atoms with Crippen LogP contribution in [0.3, 0.4) is 0 Å². The minimum absolute atomic E-state index is 0.181. The number of hydrogen-bond donors (Lipinski definition) is 1. The predicted octanol–water partition coefficient (Wildman–Crippen LogP) is 4.38. The van der Waals surface area contributed by atoms with Crippen molar-refractivity contribution in [3.63, 3.8) is 0 Å². The summed E-state index contributed by atoms with van der Waals surface area (Å²) in [6.45, 7) is 5.34. The number of carbonyl (C=O) groups excluding carboxylic acids is 1. The van der Waals surface area contributed by atoms with E-state index in [9.17, 15) is 4.79 Å². The number of amides is 1. The normalized spacial score (nSPS) is 19.3. The summed E-state index contributed by atoms with van der Waals surface area (Å²) in [5.41, 5.74) is 3.08. The molecule has 1 aliphatic heterocycles. The molecule has 1 aliphatic rings. The van der Waals surface area contributed by atoms with Gasteiger partial charge in [-0.3, -0.25) is 14.7 Å². The van der Waals surface area contributed by atoms with E-state index in [0.29, 0.717) is 6.54 Å². The van der Waals surface area contributed by atoms with Gasteiger partial charge in [0.15, 0.2) is 0 Å². The van der Waals surface area contributed by atoms with Crippen molar-refractivity contribution in [3.8, 4) is 11.1 Å². The summed E-state index contributed by atoms with van der Waals surface area (Å²) in [4.78, 5) is 21.1. The second kappa shape index (κ2) is 8.89. The van der Waals surface area contributed by atoms with Crippen molar-refractivity contribution in [3.05, 3.63) is 76.7 Å². The number of carbonyl (C=O) groups is 1. The zero-order valence-electron chi connectivity index (χ0n) is 16.8. The zero-order chi connectivity index (χ0) is 20.1. The van der Waals surface area contributed by atoms with Crippen LogP contribution in [0.2, 0.25) is 0 Å². The molecule has 1 saturated heterocycles. The highest BCUT2D eigenvalue weighted by Gasteiger charge is 2.44. The van der Waals surface area contributed by atoms with Crippen LogP contribution in [0.1, 0.15) is 23.8 Å². The molecular formula is C24H27N3OS. The molecule has 0 bridgehead atoms. The van der Waals surface area contributed by atoms with Gasteiger partial charge in [0, 0.05) is 36.9 Å². The van der Waals surface area contributed by atoms with Gasteiger partial charge in [0.2, 0.25) is 5.91 Å². The third kappa shape index (κ3) is 4.57. The van der Waals surface area contributed by atoms with Gasteiger partial charge in [0.1, 0.15) is 0 Å². The van der Waals surface area contributed by atoms with E-state index in [2.05, 4.69) is 63.0 Å². The van der Waals surface area contributed by atoms with E-state index in [1.54, 1.807) is 17.5 Å². The van der Waals surface area contributed by atoms with Crippen LogP contribution >= 0.6 is 11.3 Å². The quantitative estimate of drug-likeness (QED) is 0.634. The molecule has 0 spiro atoms. The number of nitrogens with zero attached hydrogens (tertiary/aromatic N) is 2. The van der Waals surface area contributed by atoms with E-state index in [0.717, 1.165) is 43.6 Å². The number of hydrogen-bond acceptors (Lipinski definition) is 4. The van der Waals surface area contributed by atoms with Crippen LogP contribution in [0.15, 0.2) is 66.3 Å². The second-order valence-electron chi connectivity index (χ2n) is 7.80. The molecule has 1 fully saturated rings. The van der Waals surface area contributed by atoms with Crippen LogP contribution in [0.4, 0.5) is 0 Å². The third-order valence-electron chi connectivity index (χ3n) is 5.68. The first-order chi connectivity index (χ1) is 14.2. The lowest BCUT2D eigenvalue weighted by Crippen LogP contribution is -2.44. The van der Waals surface area contributed by atoms with E-state index in [1.165, 1.54) is 10.4 Å². The Hall–Kier alpha value is -2.50. The Kier molecular flexibility index (Phi) is 6.07. The Morgan fingerprint density at radius 1 is 1.21 bits per heavy atom. The first kappa shape index (κ1) is 19.8. The van der Waals surface area contributed by atoms with Crippen LogP contribution in [-0.2, 0) is 17.8 Å². The molecule has 3 aromatic rings. The average molecular weight is 406 g/mol. The van der Waals surface area contributed by atoms with Crippen molar-refractivity contribution >= 4 is 17.2 Å². The number of benzene rings is 1. The topological polar surface area (TPSA) is 45.2 Å². The highest BCUT2D eigenvalue weighted by molar-refractivity contribution is 7.09. The smallest absolute Gasteiger partial charge is 0.227 e. The SMILES string of the molecule is CCNC(=O)C1(Cc2cccc(-c3cccnc3)c2)CCN(Cc2cccs2)C1. The minimum atomic E-state index is -0.374. The Balaban J connectivity index is 1.56. The standard InChI is InChI=1S/C24H27N3OS/c1-2-26-23(28)24(10-12-27(18-24)17-22-9-5-13-29-22)15-19-6-3-7-20(14-19)21-8-4-11-25-16-21/h3-9,11,13-14,16H,2,10,12,15,17-18H2,1H3,(H,26,28). The maximum atomic E-state index is 13.1. The molecule has 1 N–H and O–H groups in total. The fourth-order valence-corrected chi connectivity index (χ4v) is 5.01. The van der Waals surface area contributed by atoms with Gasteiger partial charge in [-0.2, -0.15) is 0 Å². The van der Waals surface area contributed by atoms with Crippen LogP contribution in [0.25, 0.3) is 11.1 Å². The number of thiophene rings is 1. The van der Waals surface area contributed by atoms with E-state index >= 15 is 0 Å². The molecule has 0 aliphatic carbocycles. The van der Waals surface area contributed by atoms with Gasteiger partial charge < -0.3 is 5.32 Å². The summed E-state index contributed by atoms with van der Waals surface area (Å²) in [5, 5.41) is 5.22. The van der Waals surface area contributed by atoms with Crippen molar-refractivity contribution in [2.24, 2.45) is 5.41 Å². The van der Waals surface area contributed by atoms with Gasteiger partial charge in [-0.15, -0.1) is 11.3 Å². The lowest BCUT2D eigenvalue weighted by atomic mass is 9.79. The number of likely N-dealkylation sites (tertiary alicyclic amines) is 1. The first-order valence-electron chi connectivity index (χ1n) is 10.2. The van der Waals surface area contributed by atoms with Crippen molar-refractivity contribution in [1.29, 1.82) is 0 Å². The third-order valence-corrected chi connectivity index (χ3v) is 6.54. The Morgan fingerprint density at radius 3 is 2.86 bits per heavy atom. The molecule has 5 heteroatoms. The maximum Gasteiger partial charge on any atom is 0.227 e. The largest absolute Gasteiger partial charge is 0.356 e. The maximum absolute atomic E-state index is 13.1. The molecule has 4 nitrogen and oxygen atoms in total. The zero-order valence-corrected chi connectivity index (χ0v) is 17.6. The molecule has 29 heavy (non-hydrogen) atoms. The highest BCUT2D eigenvalue weighted by Crippen LogP contribution is 2.36. The van der Waals surface area contributed by atoms with Gasteiger partial charge in [-0.05, 0) is 60.5 Å². The number of nitrogens with one attached hydrogen (secondary N) is 1. The summed E-state index contributed by atoms with van der Waals surface area (Å²) >= 11 is 1.78. The molecule has 1 atom stereocenters. The predicted molar refractivity (Wildman–Crippen MR) is 119 cm³/mol. The average Bonchev–Trinajstić information content (AvgIpc) is 3.40. The molecule has 1 unspecified atom stereocenters. The summed E-state index contributed by atoms with van der Waals surface area (Å²) in [7, 11) is 0. The lowest BCUT2D eigenvalue weighted by molar-refractivity contribution is -0.130.